The van der Waals surface area contributed by atoms with Gasteiger partial charge in [-0.2, -0.15) is 0 Å². The number of carbonyl (C=O) groups excluding carboxylic acids is 1. The van der Waals surface area contributed by atoms with E-state index in [-0.39, 0.29) is 6.42 Å². The average Bonchev–Trinajstić information content (AvgIpc) is 2.57. The van der Waals surface area contributed by atoms with Crippen LogP contribution in [0.4, 0.5) is 5.69 Å². The fourth-order valence-corrected chi connectivity index (χ4v) is 3.20. The Kier molecular flexibility index (Phi) is 8.61. The summed E-state index contributed by atoms with van der Waals surface area (Å²) in [4.78, 5) is 25.8. The quantitative estimate of drug-likeness (QED) is 0.546. The summed E-state index contributed by atoms with van der Waals surface area (Å²) >= 11 is 11.8. The Hall–Kier alpha value is -1.38. The molecule has 0 aliphatic carbocycles. The predicted octanol–water partition coefficient (Wildman–Crippen LogP) is 2.09. The van der Waals surface area contributed by atoms with Gasteiger partial charge in [0.15, 0.2) is 0 Å². The highest BCUT2D eigenvalue weighted by atomic mass is 35.5. The highest BCUT2D eigenvalue weighted by Gasteiger charge is 2.21. The van der Waals surface area contributed by atoms with Crippen LogP contribution in [-0.2, 0) is 14.3 Å². The predicted molar refractivity (Wildman–Crippen MR) is 101 cm³/mol. The van der Waals surface area contributed by atoms with Crippen LogP contribution in [0, 0.1) is 0 Å². The lowest BCUT2D eigenvalue weighted by Crippen LogP contribution is -2.42. The van der Waals surface area contributed by atoms with Crippen molar-refractivity contribution in [2.75, 3.05) is 44.7 Å². The van der Waals surface area contributed by atoms with Crippen molar-refractivity contribution >= 4 is 40.8 Å². The number of rotatable bonds is 9. The van der Waals surface area contributed by atoms with Crippen LogP contribution in [-0.4, -0.2) is 67.3 Å². The van der Waals surface area contributed by atoms with E-state index in [1.807, 2.05) is 0 Å². The number of nitrogens with one attached hydrogen (secondary N) is 2. The monoisotopic (exact) mass is 403 g/mol. The number of anilines is 1. The number of hydrogen-bond acceptors (Lipinski definition) is 5. The molecule has 1 fully saturated rings. The van der Waals surface area contributed by atoms with E-state index in [9.17, 15) is 14.7 Å². The molecule has 1 aromatic rings. The molecule has 1 heterocycles. The molecule has 144 valence electrons. The Balaban J connectivity index is 1.75. The number of carboxylic acids is 1. The van der Waals surface area contributed by atoms with Crippen molar-refractivity contribution in [1.29, 1.82) is 0 Å². The van der Waals surface area contributed by atoms with Gasteiger partial charge < -0.3 is 20.5 Å². The van der Waals surface area contributed by atoms with Crippen LogP contribution in [0.15, 0.2) is 18.2 Å². The first-order chi connectivity index (χ1) is 12.4. The second kappa shape index (κ2) is 10.7. The highest BCUT2D eigenvalue weighted by Crippen LogP contribution is 2.22. The third-order valence-electron chi connectivity index (χ3n) is 3.98. The number of aliphatic carboxylic acids is 1. The number of carboxylic acid groups (broad SMARTS) is 1. The maximum atomic E-state index is 12.1. The topological polar surface area (TPSA) is 90.9 Å². The van der Waals surface area contributed by atoms with Crippen molar-refractivity contribution < 1.29 is 19.4 Å². The lowest BCUT2D eigenvalue weighted by molar-refractivity contribution is -0.141. The second-order valence-electron chi connectivity index (χ2n) is 6.06. The molecule has 2 rings (SSSR count). The molecule has 0 unspecified atom stereocenters. The lowest BCUT2D eigenvalue weighted by atomic mass is 10.2. The molecule has 1 aliphatic heterocycles. The van der Waals surface area contributed by atoms with E-state index in [1.165, 1.54) is 0 Å². The summed E-state index contributed by atoms with van der Waals surface area (Å²) in [6, 6.07) is 3.71. The van der Waals surface area contributed by atoms with Crippen molar-refractivity contribution in [3.8, 4) is 0 Å². The zero-order chi connectivity index (χ0) is 18.9. The molecule has 1 aromatic carbocycles. The third-order valence-corrected chi connectivity index (χ3v) is 4.42. The van der Waals surface area contributed by atoms with Crippen LogP contribution in [0.1, 0.15) is 12.8 Å². The second-order valence-corrected chi connectivity index (χ2v) is 6.94. The van der Waals surface area contributed by atoms with Gasteiger partial charge >= 0.3 is 5.97 Å². The van der Waals surface area contributed by atoms with Crippen molar-refractivity contribution in [1.82, 2.24) is 10.2 Å². The van der Waals surface area contributed by atoms with Gasteiger partial charge in [-0.1, -0.05) is 23.2 Å². The van der Waals surface area contributed by atoms with Crippen molar-refractivity contribution in [2.45, 2.75) is 18.9 Å². The molecule has 0 radical (unpaired) electrons. The van der Waals surface area contributed by atoms with Gasteiger partial charge in [0.1, 0.15) is 6.04 Å². The minimum Gasteiger partial charge on any atom is -0.480 e. The van der Waals surface area contributed by atoms with Gasteiger partial charge in [-0.25, -0.2) is 0 Å². The molecule has 1 atom stereocenters. The Labute approximate surface area is 162 Å². The Morgan fingerprint density at radius 2 is 1.85 bits per heavy atom. The number of hydrogen-bond donors (Lipinski definition) is 3. The van der Waals surface area contributed by atoms with Crippen molar-refractivity contribution in [3.63, 3.8) is 0 Å². The van der Waals surface area contributed by atoms with Gasteiger partial charge in [0, 0.05) is 28.8 Å². The number of amides is 1. The number of carbonyl (C=O) groups is 2. The van der Waals surface area contributed by atoms with Crippen molar-refractivity contribution in [2.24, 2.45) is 0 Å². The van der Waals surface area contributed by atoms with Gasteiger partial charge in [0.05, 0.1) is 19.6 Å². The summed E-state index contributed by atoms with van der Waals surface area (Å²) in [5, 5.41) is 15.6. The molecule has 1 aliphatic rings. The van der Waals surface area contributed by atoms with E-state index in [2.05, 4.69) is 15.5 Å². The first-order valence-corrected chi connectivity index (χ1v) is 9.22. The fourth-order valence-electron chi connectivity index (χ4n) is 2.67. The van der Waals surface area contributed by atoms with Crippen molar-refractivity contribution in [3.05, 3.63) is 28.2 Å². The highest BCUT2D eigenvalue weighted by molar-refractivity contribution is 6.35. The van der Waals surface area contributed by atoms with Crippen LogP contribution in [0.25, 0.3) is 0 Å². The number of nitrogens with zero attached hydrogens (tertiary/aromatic N) is 1. The molecular weight excluding hydrogens is 381 g/mol. The summed E-state index contributed by atoms with van der Waals surface area (Å²) in [6.07, 6.45) is 0.617. The van der Waals surface area contributed by atoms with Gasteiger partial charge in [-0.05, 0) is 37.7 Å². The molecule has 0 saturated carbocycles. The fraction of sp³-hybridized carbons (Fsp3) is 0.529. The van der Waals surface area contributed by atoms with Crippen LogP contribution in [0.3, 0.4) is 0 Å². The molecule has 0 spiro atoms. The van der Waals surface area contributed by atoms with Crippen LogP contribution in [0.2, 0.25) is 10.0 Å². The molecule has 7 nitrogen and oxygen atoms in total. The van der Waals surface area contributed by atoms with E-state index >= 15 is 0 Å². The van der Waals surface area contributed by atoms with Crippen LogP contribution in [0.5, 0.6) is 0 Å². The lowest BCUT2D eigenvalue weighted by Gasteiger charge is -2.26. The summed E-state index contributed by atoms with van der Waals surface area (Å²) < 4.78 is 5.29. The van der Waals surface area contributed by atoms with E-state index in [4.69, 9.17) is 27.9 Å². The van der Waals surface area contributed by atoms with Gasteiger partial charge in [-0.3, -0.25) is 14.5 Å². The molecule has 1 saturated heterocycles. The average molecular weight is 404 g/mol. The summed E-state index contributed by atoms with van der Waals surface area (Å²) in [5.41, 5.74) is 0.434. The minimum absolute atomic E-state index is 0.184. The van der Waals surface area contributed by atoms with E-state index in [1.54, 1.807) is 18.2 Å². The maximum absolute atomic E-state index is 12.1. The van der Waals surface area contributed by atoms with E-state index in [0.29, 0.717) is 22.3 Å². The molecule has 0 aromatic heterocycles. The molecule has 26 heavy (non-hydrogen) atoms. The first-order valence-electron chi connectivity index (χ1n) is 8.46. The first kappa shape index (κ1) is 20.9. The Morgan fingerprint density at radius 3 is 2.46 bits per heavy atom. The standard InChI is InChI=1S/C17H23Cl2N3O4/c18-12-8-13(19)10-14(9-12)21-16(23)11-15(17(24)25)20-2-1-3-22-4-6-26-7-5-22/h8-10,15,20H,1-7,11H2,(H,21,23)(H,24,25)/t15-/m0/s1. The van der Waals surface area contributed by atoms with Gasteiger partial charge in [0.2, 0.25) is 5.91 Å². The maximum Gasteiger partial charge on any atom is 0.321 e. The smallest absolute Gasteiger partial charge is 0.321 e. The van der Waals surface area contributed by atoms with E-state index in [0.717, 1.165) is 39.3 Å². The molecular formula is C17H23Cl2N3O4. The van der Waals surface area contributed by atoms with Gasteiger partial charge in [0.25, 0.3) is 0 Å². The number of ether oxygens (including phenoxy) is 1. The van der Waals surface area contributed by atoms with Crippen LogP contribution < -0.4 is 10.6 Å². The SMILES string of the molecule is O=C(C[C@H](NCCCN1CCOCC1)C(=O)O)Nc1cc(Cl)cc(Cl)c1. The largest absolute Gasteiger partial charge is 0.480 e. The Bertz CT molecular complexity index is 604. The summed E-state index contributed by atoms with van der Waals surface area (Å²) in [5.74, 6) is -1.48. The van der Waals surface area contributed by atoms with Crippen LogP contribution >= 0.6 is 23.2 Å². The normalized spacial score (nSPS) is 16.2. The molecule has 3 N–H and O–H groups in total. The number of morpholine rings is 1. The molecule has 1 amide bonds. The number of halogens is 2. The van der Waals surface area contributed by atoms with Gasteiger partial charge in [-0.15, -0.1) is 0 Å². The summed E-state index contributed by atoms with van der Waals surface area (Å²) in [7, 11) is 0. The third kappa shape index (κ3) is 7.47. The molecule has 0 bridgehead atoms. The minimum atomic E-state index is -1.06. The zero-order valence-corrected chi connectivity index (χ0v) is 15.9. The molecule has 9 heteroatoms. The summed E-state index contributed by atoms with van der Waals surface area (Å²) in [6.45, 7) is 4.65. The number of benzene rings is 1. The Morgan fingerprint density at radius 1 is 1.19 bits per heavy atom. The zero-order valence-electron chi connectivity index (χ0n) is 14.3. The van der Waals surface area contributed by atoms with E-state index < -0.39 is 17.9 Å².